The molecule has 19 heavy (non-hydrogen) atoms. The van der Waals surface area contributed by atoms with Gasteiger partial charge in [-0.05, 0) is 43.3 Å². The van der Waals surface area contributed by atoms with Crippen molar-refractivity contribution in [3.63, 3.8) is 0 Å². The average Bonchev–Trinajstić information content (AvgIpc) is 2.90. The standard InChI is InChI=1S/C15H26N2OS/c1-3-16-12-15(6-8-18-9-7-15)13-17(2)11-14-5-4-10-19-14/h4-5,10,16H,3,6-9,11-13H2,1-2H3. The second kappa shape index (κ2) is 7.39. The number of rotatable bonds is 7. The third-order valence-electron chi connectivity index (χ3n) is 3.91. The molecule has 1 aromatic rings. The van der Waals surface area contributed by atoms with E-state index in [2.05, 4.69) is 41.7 Å². The van der Waals surface area contributed by atoms with Crippen LogP contribution in [0.4, 0.5) is 0 Å². The Bertz CT molecular complexity index is 347. The maximum absolute atomic E-state index is 5.55. The molecule has 1 aliphatic rings. The lowest BCUT2D eigenvalue weighted by Crippen LogP contribution is -2.46. The first kappa shape index (κ1) is 15.0. The summed E-state index contributed by atoms with van der Waals surface area (Å²) in [6.45, 7) is 8.39. The molecule has 1 fully saturated rings. The molecule has 4 heteroatoms. The summed E-state index contributed by atoms with van der Waals surface area (Å²) >= 11 is 1.85. The van der Waals surface area contributed by atoms with Crippen molar-refractivity contribution >= 4 is 11.3 Å². The molecular weight excluding hydrogens is 256 g/mol. The van der Waals surface area contributed by atoms with Crippen LogP contribution in [0.1, 0.15) is 24.6 Å². The van der Waals surface area contributed by atoms with Crippen LogP contribution in [0.15, 0.2) is 17.5 Å². The number of hydrogen-bond acceptors (Lipinski definition) is 4. The molecule has 3 nitrogen and oxygen atoms in total. The molecule has 0 aromatic carbocycles. The van der Waals surface area contributed by atoms with Crippen molar-refractivity contribution in [3.05, 3.63) is 22.4 Å². The second-order valence-corrected chi connectivity index (χ2v) is 6.68. The van der Waals surface area contributed by atoms with Crippen LogP contribution in [-0.2, 0) is 11.3 Å². The van der Waals surface area contributed by atoms with Crippen LogP contribution < -0.4 is 5.32 Å². The summed E-state index contributed by atoms with van der Waals surface area (Å²) in [5.74, 6) is 0. The molecule has 0 spiro atoms. The second-order valence-electron chi connectivity index (χ2n) is 5.64. The zero-order valence-corrected chi connectivity index (χ0v) is 13.0. The first-order valence-corrected chi connectivity index (χ1v) is 8.11. The molecule has 2 heterocycles. The lowest BCUT2D eigenvalue weighted by atomic mass is 9.79. The molecule has 0 aliphatic carbocycles. The zero-order valence-electron chi connectivity index (χ0n) is 12.2. The summed E-state index contributed by atoms with van der Waals surface area (Å²) in [4.78, 5) is 3.92. The fraction of sp³-hybridized carbons (Fsp3) is 0.733. The molecule has 0 radical (unpaired) electrons. The summed E-state index contributed by atoms with van der Waals surface area (Å²) in [7, 11) is 2.24. The topological polar surface area (TPSA) is 24.5 Å². The molecule has 1 saturated heterocycles. The van der Waals surface area contributed by atoms with E-state index in [4.69, 9.17) is 4.74 Å². The molecule has 1 N–H and O–H groups in total. The first-order chi connectivity index (χ1) is 9.24. The Hall–Kier alpha value is -0.420. The van der Waals surface area contributed by atoms with Crippen LogP contribution in [0.5, 0.6) is 0 Å². The molecule has 2 rings (SSSR count). The van der Waals surface area contributed by atoms with Crippen molar-refractivity contribution < 1.29 is 4.74 Å². The maximum Gasteiger partial charge on any atom is 0.0472 e. The van der Waals surface area contributed by atoms with Crippen molar-refractivity contribution in [3.8, 4) is 0 Å². The van der Waals surface area contributed by atoms with E-state index in [1.807, 2.05) is 11.3 Å². The Kier molecular flexibility index (Phi) is 5.82. The maximum atomic E-state index is 5.55. The monoisotopic (exact) mass is 282 g/mol. The Morgan fingerprint density at radius 1 is 1.42 bits per heavy atom. The average molecular weight is 282 g/mol. The molecular formula is C15H26N2OS. The van der Waals surface area contributed by atoms with E-state index in [1.165, 1.54) is 17.7 Å². The third-order valence-corrected chi connectivity index (χ3v) is 4.78. The van der Waals surface area contributed by atoms with Crippen LogP contribution in [-0.4, -0.2) is 44.8 Å². The highest BCUT2D eigenvalue weighted by molar-refractivity contribution is 7.09. The summed E-state index contributed by atoms with van der Waals surface area (Å²) in [5.41, 5.74) is 0.389. The largest absolute Gasteiger partial charge is 0.381 e. The van der Waals surface area contributed by atoms with Gasteiger partial charge in [-0.25, -0.2) is 0 Å². The number of nitrogens with one attached hydrogen (secondary N) is 1. The molecule has 0 saturated carbocycles. The predicted octanol–water partition coefficient (Wildman–Crippen LogP) is 2.59. The first-order valence-electron chi connectivity index (χ1n) is 7.23. The van der Waals surface area contributed by atoms with Crippen LogP contribution in [0, 0.1) is 5.41 Å². The van der Waals surface area contributed by atoms with Gasteiger partial charge in [0.1, 0.15) is 0 Å². The molecule has 0 atom stereocenters. The minimum absolute atomic E-state index is 0.389. The molecule has 1 aromatic heterocycles. The Morgan fingerprint density at radius 2 is 2.21 bits per heavy atom. The lowest BCUT2D eigenvalue weighted by molar-refractivity contribution is -0.00127. The fourth-order valence-corrected chi connectivity index (χ4v) is 3.67. The van der Waals surface area contributed by atoms with E-state index in [-0.39, 0.29) is 0 Å². The van der Waals surface area contributed by atoms with Gasteiger partial charge in [0, 0.05) is 37.7 Å². The number of nitrogens with zero attached hydrogens (tertiary/aromatic N) is 1. The van der Waals surface area contributed by atoms with Gasteiger partial charge >= 0.3 is 0 Å². The minimum Gasteiger partial charge on any atom is -0.381 e. The Balaban J connectivity index is 1.90. The van der Waals surface area contributed by atoms with Gasteiger partial charge in [-0.1, -0.05) is 13.0 Å². The summed E-state index contributed by atoms with van der Waals surface area (Å²) in [5, 5.41) is 5.70. The number of thiophene rings is 1. The van der Waals surface area contributed by atoms with Crippen molar-refractivity contribution in [2.24, 2.45) is 5.41 Å². The third kappa shape index (κ3) is 4.56. The molecule has 0 amide bonds. The molecule has 0 bridgehead atoms. The van der Waals surface area contributed by atoms with Gasteiger partial charge in [0.05, 0.1) is 0 Å². The summed E-state index contributed by atoms with van der Waals surface area (Å²) in [6.07, 6.45) is 2.35. The Morgan fingerprint density at radius 3 is 2.84 bits per heavy atom. The van der Waals surface area contributed by atoms with Gasteiger partial charge in [0.25, 0.3) is 0 Å². The van der Waals surface area contributed by atoms with E-state index in [0.29, 0.717) is 5.41 Å². The van der Waals surface area contributed by atoms with E-state index in [1.54, 1.807) is 0 Å². The minimum atomic E-state index is 0.389. The smallest absolute Gasteiger partial charge is 0.0472 e. The quantitative estimate of drug-likeness (QED) is 0.832. The number of hydrogen-bond donors (Lipinski definition) is 1. The SMILES string of the molecule is CCNCC1(CN(C)Cc2cccs2)CCOCC1. The lowest BCUT2D eigenvalue weighted by Gasteiger charge is -2.40. The van der Waals surface area contributed by atoms with Crippen molar-refractivity contribution in [2.45, 2.75) is 26.3 Å². The van der Waals surface area contributed by atoms with Crippen LogP contribution in [0.25, 0.3) is 0 Å². The van der Waals surface area contributed by atoms with Crippen molar-refractivity contribution in [2.75, 3.05) is 39.9 Å². The van der Waals surface area contributed by atoms with Crippen LogP contribution in [0.3, 0.4) is 0 Å². The predicted molar refractivity (Wildman–Crippen MR) is 81.7 cm³/mol. The summed E-state index contributed by atoms with van der Waals surface area (Å²) < 4.78 is 5.55. The van der Waals surface area contributed by atoms with Crippen LogP contribution >= 0.6 is 11.3 Å². The van der Waals surface area contributed by atoms with E-state index >= 15 is 0 Å². The molecule has 0 unspecified atom stereocenters. The van der Waals surface area contributed by atoms with Crippen molar-refractivity contribution in [1.82, 2.24) is 10.2 Å². The van der Waals surface area contributed by atoms with Gasteiger partial charge in [0.15, 0.2) is 0 Å². The fourth-order valence-electron chi connectivity index (χ4n) is 2.88. The van der Waals surface area contributed by atoms with Crippen molar-refractivity contribution in [1.29, 1.82) is 0 Å². The highest BCUT2D eigenvalue weighted by Crippen LogP contribution is 2.31. The molecule has 1 aliphatic heterocycles. The van der Waals surface area contributed by atoms with Gasteiger partial charge < -0.3 is 15.0 Å². The number of ether oxygens (including phenoxy) is 1. The molecule has 108 valence electrons. The van der Waals surface area contributed by atoms with E-state index in [0.717, 1.165) is 39.4 Å². The van der Waals surface area contributed by atoms with Gasteiger partial charge in [0.2, 0.25) is 0 Å². The van der Waals surface area contributed by atoms with Crippen LogP contribution in [0.2, 0.25) is 0 Å². The highest BCUT2D eigenvalue weighted by Gasteiger charge is 2.33. The Labute approximate surface area is 121 Å². The van der Waals surface area contributed by atoms with E-state index < -0.39 is 0 Å². The van der Waals surface area contributed by atoms with E-state index in [9.17, 15) is 0 Å². The van der Waals surface area contributed by atoms with Gasteiger partial charge in [-0.3, -0.25) is 0 Å². The van der Waals surface area contributed by atoms with Gasteiger partial charge in [-0.2, -0.15) is 0 Å². The summed E-state index contributed by atoms with van der Waals surface area (Å²) in [6, 6.07) is 4.36. The normalized spacial score (nSPS) is 18.9. The zero-order chi connectivity index (χ0) is 13.6. The van der Waals surface area contributed by atoms with Gasteiger partial charge in [-0.15, -0.1) is 11.3 Å². The highest BCUT2D eigenvalue weighted by atomic mass is 32.1.